The number of aromatic nitrogens is 2. The number of nitrogens with zero attached hydrogens (tertiary/aromatic N) is 1. The van der Waals surface area contributed by atoms with E-state index in [1.165, 1.54) is 6.20 Å². The Labute approximate surface area is 74.9 Å². The van der Waals surface area contributed by atoms with Crippen LogP contribution < -0.4 is 5.73 Å². The third-order valence-corrected chi connectivity index (χ3v) is 2.29. The average molecular weight is 181 g/mol. The van der Waals surface area contributed by atoms with Gasteiger partial charge in [-0.25, -0.2) is 0 Å². The Balaban J connectivity index is 2.27. The molecule has 70 valence electrons. The topological polar surface area (TPSA) is 92.0 Å². The van der Waals surface area contributed by atoms with Crippen molar-refractivity contribution in [3.05, 3.63) is 17.5 Å². The number of nitrogens with two attached hydrogens (primary N) is 1. The van der Waals surface area contributed by atoms with Crippen LogP contribution in [0.25, 0.3) is 0 Å². The van der Waals surface area contributed by atoms with Crippen molar-refractivity contribution < 1.29 is 9.90 Å². The van der Waals surface area contributed by atoms with Crippen LogP contribution in [0.3, 0.4) is 0 Å². The van der Waals surface area contributed by atoms with Crippen LogP contribution in [-0.4, -0.2) is 21.3 Å². The van der Waals surface area contributed by atoms with Crippen molar-refractivity contribution in [2.24, 2.45) is 5.73 Å². The molecule has 1 atom stereocenters. The molecule has 1 unspecified atom stereocenters. The van der Waals surface area contributed by atoms with E-state index in [9.17, 15) is 4.79 Å². The van der Waals surface area contributed by atoms with Crippen molar-refractivity contribution in [1.29, 1.82) is 0 Å². The molecule has 13 heavy (non-hydrogen) atoms. The monoisotopic (exact) mass is 181 g/mol. The molecular formula is C8H11N3O2. The first-order valence-electron chi connectivity index (χ1n) is 4.21. The second-order valence-electron chi connectivity index (χ2n) is 3.33. The van der Waals surface area contributed by atoms with Gasteiger partial charge >= 0.3 is 5.97 Å². The fourth-order valence-corrected chi connectivity index (χ4v) is 1.39. The maximum atomic E-state index is 10.6. The van der Waals surface area contributed by atoms with Crippen molar-refractivity contribution in [3.8, 4) is 0 Å². The van der Waals surface area contributed by atoms with Gasteiger partial charge in [0.05, 0.1) is 6.20 Å². The van der Waals surface area contributed by atoms with Crippen LogP contribution in [0.1, 0.15) is 36.1 Å². The molecule has 1 aliphatic rings. The van der Waals surface area contributed by atoms with E-state index in [2.05, 4.69) is 10.2 Å². The van der Waals surface area contributed by atoms with E-state index < -0.39 is 12.0 Å². The van der Waals surface area contributed by atoms with Crippen molar-refractivity contribution in [3.63, 3.8) is 0 Å². The van der Waals surface area contributed by atoms with Crippen molar-refractivity contribution in [1.82, 2.24) is 10.2 Å². The van der Waals surface area contributed by atoms with Crippen molar-refractivity contribution in [2.45, 2.75) is 24.8 Å². The molecule has 1 fully saturated rings. The number of nitrogens with one attached hydrogen (secondary N) is 1. The van der Waals surface area contributed by atoms with Gasteiger partial charge in [-0.2, -0.15) is 5.10 Å². The Kier molecular flexibility index (Phi) is 1.81. The van der Waals surface area contributed by atoms with Gasteiger partial charge in [0.25, 0.3) is 0 Å². The molecule has 5 nitrogen and oxygen atoms in total. The van der Waals surface area contributed by atoms with E-state index >= 15 is 0 Å². The molecule has 0 spiro atoms. The highest BCUT2D eigenvalue weighted by Gasteiger charge is 2.31. The first kappa shape index (κ1) is 8.25. The van der Waals surface area contributed by atoms with Gasteiger partial charge < -0.3 is 10.8 Å². The Morgan fingerprint density at radius 2 is 2.46 bits per heavy atom. The quantitative estimate of drug-likeness (QED) is 0.628. The van der Waals surface area contributed by atoms with Crippen LogP contribution in [-0.2, 0) is 4.79 Å². The molecule has 1 heterocycles. The number of H-pyrrole nitrogens is 1. The molecule has 0 aliphatic heterocycles. The highest BCUT2D eigenvalue weighted by Crippen LogP contribution is 2.41. The van der Waals surface area contributed by atoms with Crippen LogP contribution in [0.2, 0.25) is 0 Å². The first-order valence-corrected chi connectivity index (χ1v) is 4.21. The highest BCUT2D eigenvalue weighted by atomic mass is 16.4. The van der Waals surface area contributed by atoms with Crippen LogP contribution in [0, 0.1) is 0 Å². The molecule has 0 radical (unpaired) electrons. The minimum absolute atomic E-state index is 0.447. The second-order valence-corrected chi connectivity index (χ2v) is 3.33. The molecule has 1 aromatic rings. The van der Waals surface area contributed by atoms with Crippen LogP contribution in [0.5, 0.6) is 0 Å². The summed E-state index contributed by atoms with van der Waals surface area (Å²) in [6.45, 7) is 0. The van der Waals surface area contributed by atoms with Gasteiger partial charge in [0, 0.05) is 17.2 Å². The molecule has 0 amide bonds. The number of carboxylic acids is 1. The molecule has 0 bridgehead atoms. The molecule has 1 aliphatic carbocycles. The van der Waals surface area contributed by atoms with Crippen LogP contribution >= 0.6 is 0 Å². The predicted molar refractivity (Wildman–Crippen MR) is 45.1 cm³/mol. The highest BCUT2D eigenvalue weighted by molar-refractivity contribution is 5.75. The molecule has 1 aromatic heterocycles. The third-order valence-electron chi connectivity index (χ3n) is 2.29. The normalized spacial score (nSPS) is 18.5. The van der Waals surface area contributed by atoms with E-state index in [0.717, 1.165) is 18.5 Å². The number of rotatable bonds is 3. The van der Waals surface area contributed by atoms with Gasteiger partial charge in [-0.15, -0.1) is 0 Å². The smallest absolute Gasteiger partial charge is 0.325 e. The zero-order valence-corrected chi connectivity index (χ0v) is 7.03. The minimum Gasteiger partial charge on any atom is -0.480 e. The maximum absolute atomic E-state index is 10.6. The maximum Gasteiger partial charge on any atom is 0.325 e. The van der Waals surface area contributed by atoms with Gasteiger partial charge in [-0.05, 0) is 12.8 Å². The number of hydrogen-bond donors (Lipinski definition) is 3. The summed E-state index contributed by atoms with van der Waals surface area (Å²) in [5.74, 6) is -0.564. The molecule has 1 saturated carbocycles. The summed E-state index contributed by atoms with van der Waals surface area (Å²) < 4.78 is 0. The number of carbonyl (C=O) groups is 1. The predicted octanol–water partition coefficient (Wildman–Crippen LogP) is 0.371. The van der Waals surface area contributed by atoms with Crippen molar-refractivity contribution in [2.75, 3.05) is 0 Å². The summed E-state index contributed by atoms with van der Waals surface area (Å²) in [6.07, 6.45) is 3.70. The summed E-state index contributed by atoms with van der Waals surface area (Å²) >= 11 is 0. The summed E-state index contributed by atoms with van der Waals surface area (Å²) in [7, 11) is 0. The number of carboxylic acid groups (broad SMARTS) is 1. The number of aromatic amines is 1. The Hall–Kier alpha value is -1.36. The van der Waals surface area contributed by atoms with E-state index in [1.807, 2.05) is 0 Å². The molecular weight excluding hydrogens is 170 g/mol. The second kappa shape index (κ2) is 2.85. The fraction of sp³-hybridized carbons (Fsp3) is 0.500. The third kappa shape index (κ3) is 1.42. The van der Waals surface area contributed by atoms with E-state index in [0.29, 0.717) is 11.5 Å². The lowest BCUT2D eigenvalue weighted by molar-refractivity contribution is -0.138. The first-order chi connectivity index (χ1) is 6.20. The Bertz CT molecular complexity index is 330. The van der Waals surface area contributed by atoms with Gasteiger partial charge in [0.2, 0.25) is 0 Å². The zero-order chi connectivity index (χ0) is 9.42. The molecule has 2 rings (SSSR count). The lowest BCUT2D eigenvalue weighted by atomic mass is 10.1. The van der Waals surface area contributed by atoms with E-state index in [-0.39, 0.29) is 0 Å². The molecule has 5 heteroatoms. The van der Waals surface area contributed by atoms with Crippen LogP contribution in [0.15, 0.2) is 6.20 Å². The van der Waals surface area contributed by atoms with Gasteiger partial charge in [-0.3, -0.25) is 9.89 Å². The zero-order valence-electron chi connectivity index (χ0n) is 7.03. The summed E-state index contributed by atoms with van der Waals surface area (Å²) in [5.41, 5.74) is 7.01. The van der Waals surface area contributed by atoms with Crippen LogP contribution in [0.4, 0.5) is 0 Å². The summed E-state index contributed by atoms with van der Waals surface area (Å²) in [5, 5.41) is 15.3. The van der Waals surface area contributed by atoms with Gasteiger partial charge in [-0.1, -0.05) is 0 Å². The average Bonchev–Trinajstić information content (AvgIpc) is 2.83. The number of hydrogen-bond acceptors (Lipinski definition) is 3. The minimum atomic E-state index is -1.01. The van der Waals surface area contributed by atoms with E-state index in [1.54, 1.807) is 0 Å². The Morgan fingerprint density at radius 3 is 3.00 bits per heavy atom. The molecule has 4 N–H and O–H groups in total. The lowest BCUT2D eigenvalue weighted by Crippen LogP contribution is -2.21. The Morgan fingerprint density at radius 1 is 1.77 bits per heavy atom. The SMILES string of the molecule is NC(C(=O)O)c1cn[nH]c1C1CC1. The van der Waals surface area contributed by atoms with Gasteiger partial charge in [0.15, 0.2) is 0 Å². The van der Waals surface area contributed by atoms with Gasteiger partial charge in [0.1, 0.15) is 6.04 Å². The number of aliphatic carboxylic acids is 1. The standard InChI is InChI=1S/C8H11N3O2/c9-6(8(12)13)5-3-10-11-7(5)4-1-2-4/h3-4,6H,1-2,9H2,(H,10,11)(H,12,13). The molecule has 0 saturated heterocycles. The van der Waals surface area contributed by atoms with E-state index in [4.69, 9.17) is 10.8 Å². The van der Waals surface area contributed by atoms with Crippen molar-refractivity contribution >= 4 is 5.97 Å². The summed E-state index contributed by atoms with van der Waals surface area (Å²) in [4.78, 5) is 10.6. The largest absolute Gasteiger partial charge is 0.480 e. The fourth-order valence-electron chi connectivity index (χ4n) is 1.39. The lowest BCUT2D eigenvalue weighted by Gasteiger charge is -2.05. The molecule has 0 aromatic carbocycles. The summed E-state index contributed by atoms with van der Waals surface area (Å²) in [6, 6.07) is -0.950.